The molecular weight excluding hydrogens is 522 g/mol. The van der Waals surface area contributed by atoms with E-state index in [0.717, 1.165) is 5.69 Å². The van der Waals surface area contributed by atoms with E-state index in [9.17, 15) is 16.8 Å². The lowest BCUT2D eigenvalue weighted by Gasteiger charge is -2.33. The van der Waals surface area contributed by atoms with Gasteiger partial charge in [-0.1, -0.05) is 12.1 Å². The van der Waals surface area contributed by atoms with Gasteiger partial charge < -0.3 is 9.08 Å². The number of rotatable bonds is 6. The van der Waals surface area contributed by atoms with Crippen molar-refractivity contribution in [3.63, 3.8) is 0 Å². The Balaban J connectivity index is 1.14. The van der Waals surface area contributed by atoms with E-state index in [-0.39, 0.29) is 26.6 Å². The largest absolute Gasteiger partial charge is 0.379 e. The Labute approximate surface area is 210 Å². The molecule has 0 bridgehead atoms. The third kappa shape index (κ3) is 4.17. The molecule has 6 rings (SSSR count). The van der Waals surface area contributed by atoms with Crippen LogP contribution in [0.25, 0.3) is 22.1 Å². The number of piperidine rings is 1. The lowest BCUT2D eigenvalue weighted by molar-refractivity contribution is 0.315. The Morgan fingerprint density at radius 3 is 1.92 bits per heavy atom. The van der Waals surface area contributed by atoms with Crippen molar-refractivity contribution in [1.29, 1.82) is 0 Å². The van der Waals surface area contributed by atoms with Crippen molar-refractivity contribution in [2.24, 2.45) is 0 Å². The molecule has 0 amide bonds. The maximum absolute atomic E-state index is 13.3. The number of benzene rings is 3. The summed E-state index contributed by atoms with van der Waals surface area (Å²) in [4.78, 5) is 2.03. The van der Waals surface area contributed by atoms with E-state index in [2.05, 4.69) is 25.3 Å². The van der Waals surface area contributed by atoms with E-state index in [1.54, 1.807) is 42.5 Å². The molecule has 3 heterocycles. The van der Waals surface area contributed by atoms with E-state index >= 15 is 0 Å². The number of nitrogens with zero attached hydrogens (tertiary/aromatic N) is 5. The van der Waals surface area contributed by atoms with Crippen molar-refractivity contribution in [1.82, 2.24) is 20.6 Å². The van der Waals surface area contributed by atoms with Gasteiger partial charge in [-0.05, 0) is 82.0 Å². The van der Waals surface area contributed by atoms with Gasteiger partial charge in [0.1, 0.15) is 21.7 Å². The summed E-state index contributed by atoms with van der Waals surface area (Å²) in [6.07, 6.45) is 0.846. The molecule has 1 aliphatic heterocycles. The fourth-order valence-electron chi connectivity index (χ4n) is 4.48. The minimum absolute atomic E-state index is 0.0907. The topological polar surface area (TPSA) is 159 Å². The first kappa shape index (κ1) is 23.4. The molecule has 1 aliphatic rings. The molecule has 0 unspecified atom stereocenters. The number of hydrogen-bond acceptors (Lipinski definition) is 12. The van der Waals surface area contributed by atoms with Crippen LogP contribution in [-0.4, -0.2) is 55.8 Å². The zero-order valence-electron chi connectivity index (χ0n) is 19.1. The number of fused-ring (bicyclic) bond motifs is 2. The summed E-state index contributed by atoms with van der Waals surface area (Å²) in [5.74, 6) is 0.129. The molecule has 3 aromatic carbocycles. The summed E-state index contributed by atoms with van der Waals surface area (Å²) >= 11 is 0. The van der Waals surface area contributed by atoms with Crippen molar-refractivity contribution in [2.75, 3.05) is 18.0 Å². The van der Waals surface area contributed by atoms with E-state index in [0.29, 0.717) is 37.0 Å². The van der Waals surface area contributed by atoms with Crippen LogP contribution in [0.1, 0.15) is 12.8 Å². The standard InChI is InChI=1S/C23H19N5O7S2/c29-36(30,20-5-1-3-18-22(20)26-34-24-18)17-11-13-28(14-12-17)15-7-9-16(10-8-15)33-37(31,32)21-6-2-4-19-23(21)27-35-25-19/h1-10,17H,11-14H2. The first-order valence-electron chi connectivity index (χ1n) is 11.3. The predicted molar refractivity (Wildman–Crippen MR) is 130 cm³/mol. The Hall–Kier alpha value is -4.04. The molecule has 1 fully saturated rings. The quantitative estimate of drug-likeness (QED) is 0.290. The van der Waals surface area contributed by atoms with Gasteiger partial charge in [-0.3, -0.25) is 0 Å². The second kappa shape index (κ2) is 8.81. The molecule has 5 aromatic rings. The summed E-state index contributed by atoms with van der Waals surface area (Å²) in [6.45, 7) is 1.02. The summed E-state index contributed by atoms with van der Waals surface area (Å²) in [5.41, 5.74) is 1.86. The molecule has 0 radical (unpaired) electrons. The van der Waals surface area contributed by atoms with Crippen LogP contribution in [-0.2, 0) is 20.0 Å². The fourth-order valence-corrected chi connectivity index (χ4v) is 7.43. The summed E-state index contributed by atoms with van der Waals surface area (Å²) in [6, 6.07) is 15.9. The normalized spacial score (nSPS) is 15.4. The average molecular weight is 542 g/mol. The second-order valence-electron chi connectivity index (χ2n) is 8.54. The molecule has 190 valence electrons. The van der Waals surface area contributed by atoms with Crippen molar-refractivity contribution in [3.05, 3.63) is 60.7 Å². The molecule has 12 nitrogen and oxygen atoms in total. The summed E-state index contributed by atoms with van der Waals surface area (Å²) in [7, 11) is -7.79. The summed E-state index contributed by atoms with van der Waals surface area (Å²) < 4.78 is 66.8. The van der Waals surface area contributed by atoms with E-state index in [4.69, 9.17) is 8.81 Å². The van der Waals surface area contributed by atoms with Crippen molar-refractivity contribution < 1.29 is 30.3 Å². The van der Waals surface area contributed by atoms with Crippen LogP contribution >= 0.6 is 0 Å². The van der Waals surface area contributed by atoms with Crippen LogP contribution in [0.2, 0.25) is 0 Å². The van der Waals surface area contributed by atoms with Crippen LogP contribution in [0.5, 0.6) is 5.75 Å². The Morgan fingerprint density at radius 1 is 0.730 bits per heavy atom. The maximum atomic E-state index is 13.3. The molecule has 0 aliphatic carbocycles. The third-order valence-corrected chi connectivity index (χ3v) is 9.93. The monoisotopic (exact) mass is 541 g/mol. The highest BCUT2D eigenvalue weighted by Crippen LogP contribution is 2.31. The number of hydrogen-bond donors (Lipinski definition) is 0. The highest BCUT2D eigenvalue weighted by molar-refractivity contribution is 7.92. The van der Waals surface area contributed by atoms with Gasteiger partial charge in [-0.25, -0.2) is 17.7 Å². The van der Waals surface area contributed by atoms with Gasteiger partial charge >= 0.3 is 10.1 Å². The summed E-state index contributed by atoms with van der Waals surface area (Å²) in [5, 5.41) is 14.2. The van der Waals surface area contributed by atoms with Gasteiger partial charge in [-0.2, -0.15) is 8.42 Å². The van der Waals surface area contributed by atoms with Crippen LogP contribution in [0.3, 0.4) is 0 Å². The van der Waals surface area contributed by atoms with Crippen molar-refractivity contribution >= 4 is 47.7 Å². The van der Waals surface area contributed by atoms with Gasteiger partial charge in [0.15, 0.2) is 20.9 Å². The van der Waals surface area contributed by atoms with Crippen LogP contribution in [0, 0.1) is 0 Å². The molecule has 0 saturated carbocycles. The minimum atomic E-state index is -4.17. The molecule has 37 heavy (non-hydrogen) atoms. The van der Waals surface area contributed by atoms with Crippen molar-refractivity contribution in [3.8, 4) is 5.75 Å². The molecule has 2 aromatic heterocycles. The fraction of sp³-hybridized carbons (Fsp3) is 0.217. The second-order valence-corrected chi connectivity index (χ2v) is 12.3. The van der Waals surface area contributed by atoms with Gasteiger partial charge in [0.05, 0.1) is 10.1 Å². The zero-order valence-corrected chi connectivity index (χ0v) is 20.7. The smallest absolute Gasteiger partial charge is 0.341 e. The Bertz CT molecular complexity index is 1810. The first-order chi connectivity index (χ1) is 17.8. The van der Waals surface area contributed by atoms with Crippen LogP contribution < -0.4 is 9.08 Å². The van der Waals surface area contributed by atoms with Gasteiger partial charge in [0.25, 0.3) is 0 Å². The molecule has 1 saturated heterocycles. The number of aromatic nitrogens is 4. The van der Waals surface area contributed by atoms with Gasteiger partial charge in [-0.15, -0.1) is 0 Å². The Kier molecular flexibility index (Phi) is 5.56. The first-order valence-corrected chi connectivity index (χ1v) is 14.2. The highest BCUT2D eigenvalue weighted by atomic mass is 32.2. The van der Waals surface area contributed by atoms with E-state index in [1.165, 1.54) is 18.2 Å². The van der Waals surface area contributed by atoms with Crippen LogP contribution in [0.4, 0.5) is 5.69 Å². The third-order valence-electron chi connectivity index (χ3n) is 6.36. The van der Waals surface area contributed by atoms with Gasteiger partial charge in [0, 0.05) is 18.8 Å². The molecule has 0 atom stereocenters. The SMILES string of the molecule is O=S(=O)(Oc1ccc(N2CCC(S(=O)(=O)c3cccc4nonc34)CC2)cc1)c1cccc2nonc12. The zero-order chi connectivity index (χ0) is 25.6. The Morgan fingerprint density at radius 2 is 1.30 bits per heavy atom. The highest BCUT2D eigenvalue weighted by Gasteiger charge is 2.33. The average Bonchev–Trinajstić information content (AvgIpc) is 3.58. The molecular formula is C23H19N5O7S2. The lowest BCUT2D eigenvalue weighted by atomic mass is 10.1. The maximum Gasteiger partial charge on any atom is 0.341 e. The van der Waals surface area contributed by atoms with Gasteiger partial charge in [0.2, 0.25) is 0 Å². The molecule has 0 spiro atoms. The molecule has 14 heteroatoms. The number of anilines is 1. The minimum Gasteiger partial charge on any atom is -0.379 e. The van der Waals surface area contributed by atoms with Crippen molar-refractivity contribution in [2.45, 2.75) is 27.9 Å². The lowest BCUT2D eigenvalue weighted by Crippen LogP contribution is -2.39. The number of sulfone groups is 1. The van der Waals surface area contributed by atoms with E-state index in [1.807, 2.05) is 4.90 Å². The van der Waals surface area contributed by atoms with E-state index < -0.39 is 25.2 Å². The van der Waals surface area contributed by atoms with Crippen LogP contribution in [0.15, 0.2) is 79.7 Å². The predicted octanol–water partition coefficient (Wildman–Crippen LogP) is 2.97. The molecule has 0 N–H and O–H groups in total.